The minimum atomic E-state index is -0.247. The van der Waals surface area contributed by atoms with Crippen LogP contribution in [-0.2, 0) is 4.74 Å². The van der Waals surface area contributed by atoms with Gasteiger partial charge in [0.05, 0.1) is 35.7 Å². The third-order valence-corrected chi connectivity index (χ3v) is 5.67. The Bertz CT molecular complexity index is 862. The molecular formula is C17H17N5O3S. The molecule has 0 spiro atoms. The Balaban J connectivity index is 1.47. The van der Waals surface area contributed by atoms with Crippen LogP contribution in [0.4, 0.5) is 0 Å². The molecule has 134 valence electrons. The average molecular weight is 371 g/mol. The highest BCUT2D eigenvalue weighted by atomic mass is 32.1. The molecule has 2 aliphatic heterocycles. The predicted molar refractivity (Wildman–Crippen MR) is 91.7 cm³/mol. The van der Waals surface area contributed by atoms with E-state index in [0.717, 1.165) is 4.88 Å². The normalized spacial score (nSPS) is 24.3. The Labute approximate surface area is 154 Å². The van der Waals surface area contributed by atoms with Gasteiger partial charge in [-0.25, -0.2) is 4.98 Å². The number of nitrogens with zero attached hydrogens (tertiary/aromatic N) is 5. The van der Waals surface area contributed by atoms with Gasteiger partial charge in [0.1, 0.15) is 6.07 Å². The zero-order chi connectivity index (χ0) is 18.1. The molecule has 2 atom stereocenters. The summed E-state index contributed by atoms with van der Waals surface area (Å²) in [5.74, 6) is 0.603. The van der Waals surface area contributed by atoms with E-state index in [4.69, 9.17) is 14.7 Å². The third-order valence-electron chi connectivity index (χ3n) is 5.04. The fourth-order valence-electron chi connectivity index (χ4n) is 3.52. The molecule has 2 aromatic rings. The SMILES string of the molecule is Cc1snnc1C(=O)N1C[C@@H]2COC[C@]2(COc2ccc(C#N)cn2)C1. The summed E-state index contributed by atoms with van der Waals surface area (Å²) in [5, 5.41) is 12.8. The van der Waals surface area contributed by atoms with Gasteiger partial charge < -0.3 is 14.4 Å². The van der Waals surface area contributed by atoms with Gasteiger partial charge >= 0.3 is 0 Å². The highest BCUT2D eigenvalue weighted by Gasteiger charge is 2.53. The number of amides is 1. The highest BCUT2D eigenvalue weighted by Crippen LogP contribution is 2.42. The Morgan fingerprint density at radius 2 is 2.46 bits per heavy atom. The smallest absolute Gasteiger partial charge is 0.275 e. The minimum Gasteiger partial charge on any atom is -0.477 e. The number of aromatic nitrogens is 3. The molecule has 9 heteroatoms. The van der Waals surface area contributed by atoms with Gasteiger partial charge in [-0.3, -0.25) is 4.79 Å². The van der Waals surface area contributed by atoms with Crippen molar-refractivity contribution in [1.82, 2.24) is 19.5 Å². The van der Waals surface area contributed by atoms with E-state index in [1.165, 1.54) is 17.7 Å². The van der Waals surface area contributed by atoms with E-state index in [1.807, 2.05) is 17.9 Å². The number of fused-ring (bicyclic) bond motifs is 1. The number of hydrogen-bond acceptors (Lipinski definition) is 8. The molecule has 2 saturated heterocycles. The third kappa shape index (κ3) is 2.91. The summed E-state index contributed by atoms with van der Waals surface area (Å²) in [4.78, 5) is 19.6. The molecule has 0 unspecified atom stereocenters. The summed E-state index contributed by atoms with van der Waals surface area (Å²) < 4.78 is 15.4. The van der Waals surface area contributed by atoms with Crippen LogP contribution in [-0.4, -0.2) is 58.3 Å². The lowest BCUT2D eigenvalue weighted by Gasteiger charge is -2.26. The molecule has 0 radical (unpaired) electrons. The van der Waals surface area contributed by atoms with E-state index in [0.29, 0.717) is 50.0 Å². The van der Waals surface area contributed by atoms with Gasteiger partial charge in [0.15, 0.2) is 5.69 Å². The summed E-state index contributed by atoms with van der Waals surface area (Å²) in [6, 6.07) is 5.39. The first-order valence-electron chi connectivity index (χ1n) is 8.26. The van der Waals surface area contributed by atoms with Crippen molar-refractivity contribution >= 4 is 17.4 Å². The molecular weight excluding hydrogens is 354 g/mol. The number of carbonyl (C=O) groups excluding carboxylic acids is 1. The van der Waals surface area contributed by atoms with E-state index in [1.54, 1.807) is 12.1 Å². The van der Waals surface area contributed by atoms with Crippen LogP contribution in [0.15, 0.2) is 18.3 Å². The van der Waals surface area contributed by atoms with E-state index in [2.05, 4.69) is 14.6 Å². The van der Waals surface area contributed by atoms with Crippen molar-refractivity contribution in [1.29, 1.82) is 5.26 Å². The number of pyridine rings is 1. The lowest BCUT2D eigenvalue weighted by molar-refractivity contribution is 0.0650. The maximum atomic E-state index is 12.8. The van der Waals surface area contributed by atoms with E-state index < -0.39 is 0 Å². The van der Waals surface area contributed by atoms with Gasteiger partial charge in [0.2, 0.25) is 5.88 Å². The number of rotatable bonds is 4. The van der Waals surface area contributed by atoms with Crippen LogP contribution in [0, 0.1) is 29.6 Å². The Kier molecular flexibility index (Phi) is 4.30. The van der Waals surface area contributed by atoms with Gasteiger partial charge in [0, 0.05) is 31.3 Å². The van der Waals surface area contributed by atoms with Gasteiger partial charge in [-0.15, -0.1) is 5.10 Å². The van der Waals surface area contributed by atoms with Crippen LogP contribution >= 0.6 is 11.5 Å². The van der Waals surface area contributed by atoms with E-state index in [9.17, 15) is 4.79 Å². The second kappa shape index (κ2) is 6.63. The van der Waals surface area contributed by atoms with Crippen LogP contribution in [0.25, 0.3) is 0 Å². The van der Waals surface area contributed by atoms with E-state index >= 15 is 0 Å². The highest BCUT2D eigenvalue weighted by molar-refractivity contribution is 7.05. The van der Waals surface area contributed by atoms with Crippen LogP contribution in [0.1, 0.15) is 20.9 Å². The number of hydrogen-bond donors (Lipinski definition) is 0. The number of aryl methyl sites for hydroxylation is 1. The minimum absolute atomic E-state index is 0.0819. The molecule has 4 heterocycles. The molecule has 26 heavy (non-hydrogen) atoms. The largest absolute Gasteiger partial charge is 0.477 e. The monoisotopic (exact) mass is 371 g/mol. The topological polar surface area (TPSA) is 101 Å². The van der Waals surface area contributed by atoms with Crippen molar-refractivity contribution in [2.75, 3.05) is 32.9 Å². The summed E-state index contributed by atoms with van der Waals surface area (Å²) in [6.45, 7) is 4.61. The van der Waals surface area contributed by atoms with Crippen molar-refractivity contribution < 1.29 is 14.3 Å². The maximum Gasteiger partial charge on any atom is 0.275 e. The van der Waals surface area contributed by atoms with Crippen LogP contribution in [0.5, 0.6) is 5.88 Å². The summed E-state index contributed by atoms with van der Waals surface area (Å²) in [6.07, 6.45) is 1.48. The first-order valence-corrected chi connectivity index (χ1v) is 9.03. The lowest BCUT2D eigenvalue weighted by atomic mass is 9.82. The molecule has 0 bridgehead atoms. The van der Waals surface area contributed by atoms with E-state index in [-0.39, 0.29) is 17.2 Å². The predicted octanol–water partition coefficient (Wildman–Crippen LogP) is 1.28. The fraction of sp³-hybridized carbons (Fsp3) is 0.471. The number of likely N-dealkylation sites (tertiary alicyclic amines) is 1. The summed E-state index contributed by atoms with van der Waals surface area (Å²) >= 11 is 1.23. The zero-order valence-electron chi connectivity index (χ0n) is 14.2. The molecule has 0 aliphatic carbocycles. The molecule has 8 nitrogen and oxygen atoms in total. The van der Waals surface area contributed by atoms with Gasteiger partial charge in [-0.05, 0) is 24.5 Å². The average Bonchev–Trinajstić information content (AvgIpc) is 3.33. The molecule has 0 saturated carbocycles. The van der Waals surface area contributed by atoms with Gasteiger partial charge in [-0.2, -0.15) is 5.26 Å². The molecule has 2 fully saturated rings. The van der Waals surface area contributed by atoms with Gasteiger partial charge in [-0.1, -0.05) is 4.49 Å². The molecule has 0 aromatic carbocycles. The number of ether oxygens (including phenoxy) is 2. The Morgan fingerprint density at radius 1 is 1.58 bits per heavy atom. The molecule has 0 N–H and O–H groups in total. The van der Waals surface area contributed by atoms with Crippen LogP contribution < -0.4 is 4.74 Å². The van der Waals surface area contributed by atoms with Gasteiger partial charge in [0.25, 0.3) is 5.91 Å². The van der Waals surface area contributed by atoms with Crippen molar-refractivity contribution in [3.8, 4) is 11.9 Å². The summed E-state index contributed by atoms with van der Waals surface area (Å²) in [5.41, 5.74) is 0.672. The maximum absolute atomic E-state index is 12.8. The fourth-order valence-corrected chi connectivity index (χ4v) is 3.98. The molecule has 2 aliphatic rings. The lowest BCUT2D eigenvalue weighted by Crippen LogP contribution is -2.38. The molecule has 2 aromatic heterocycles. The van der Waals surface area contributed by atoms with Crippen molar-refractivity contribution in [3.63, 3.8) is 0 Å². The zero-order valence-corrected chi connectivity index (χ0v) is 15.0. The first-order chi connectivity index (χ1) is 12.6. The van der Waals surface area contributed by atoms with Crippen molar-refractivity contribution in [2.24, 2.45) is 11.3 Å². The second-order valence-corrected chi connectivity index (χ2v) is 7.68. The second-order valence-electron chi connectivity index (χ2n) is 6.72. The van der Waals surface area contributed by atoms with Crippen molar-refractivity contribution in [3.05, 3.63) is 34.5 Å². The van der Waals surface area contributed by atoms with Crippen LogP contribution in [0.3, 0.4) is 0 Å². The quantitative estimate of drug-likeness (QED) is 0.798. The van der Waals surface area contributed by atoms with Crippen LogP contribution in [0.2, 0.25) is 0 Å². The number of carbonyl (C=O) groups is 1. The molecule has 1 amide bonds. The summed E-state index contributed by atoms with van der Waals surface area (Å²) in [7, 11) is 0. The van der Waals surface area contributed by atoms with Crippen molar-refractivity contribution in [2.45, 2.75) is 6.92 Å². The standard InChI is InChI=1S/C17H17N5O3S/c1-11-15(20-21-26-11)16(23)22-6-13-7-24-9-17(13,8-22)10-25-14-3-2-12(4-18)5-19-14/h2-3,5,13H,6-10H2,1H3/t13-,17+/m1/s1. The molecule has 4 rings (SSSR count). The number of nitriles is 1. The Morgan fingerprint density at radius 3 is 3.15 bits per heavy atom. The Hall–Kier alpha value is -2.57. The first kappa shape index (κ1) is 16.9.